The summed E-state index contributed by atoms with van der Waals surface area (Å²) in [4.78, 5) is 181. The summed E-state index contributed by atoms with van der Waals surface area (Å²) in [7, 11) is 2.65. The lowest BCUT2D eigenvalue weighted by molar-refractivity contribution is -0.142. The number of nitrogens with two attached hydrogens (primary N) is 2. The van der Waals surface area contributed by atoms with Crippen LogP contribution in [0.5, 0.6) is 0 Å². The van der Waals surface area contributed by atoms with E-state index in [1.54, 1.807) is 87.5 Å². The Morgan fingerprint density at radius 1 is 0.670 bits per heavy atom. The number of carbonyl (C=O) groups is 13. The molecule has 11 atom stereocenters. The lowest BCUT2D eigenvalue weighted by Crippen LogP contribution is -2.63. The molecule has 2 heterocycles. The predicted molar refractivity (Wildman–Crippen MR) is 324 cm³/mol. The topological polar surface area (TPSA) is 391 Å². The van der Waals surface area contributed by atoms with Gasteiger partial charge in [-0.15, -0.1) is 0 Å². The van der Waals surface area contributed by atoms with Crippen LogP contribution in [0.2, 0.25) is 0 Å². The second kappa shape index (κ2) is 32.3. The van der Waals surface area contributed by atoms with Gasteiger partial charge in [-0.2, -0.15) is 0 Å². The molecule has 2 aliphatic rings. The van der Waals surface area contributed by atoms with Crippen LogP contribution in [-0.2, 0) is 80.9 Å². The van der Waals surface area contributed by atoms with Gasteiger partial charge in [0.2, 0.25) is 65.0 Å². The number of fused-ring (bicyclic) bond motifs is 1. The lowest BCUT2D eigenvalue weighted by atomic mass is 9.93. The van der Waals surface area contributed by atoms with Gasteiger partial charge in [0.05, 0.1) is 25.7 Å². The Bertz CT molecular complexity index is 3060. The molecule has 28 heteroatoms. The van der Waals surface area contributed by atoms with Gasteiger partial charge in [0.15, 0.2) is 5.12 Å². The van der Waals surface area contributed by atoms with E-state index >= 15 is 4.79 Å². The fourth-order valence-corrected chi connectivity index (χ4v) is 10.9. The summed E-state index contributed by atoms with van der Waals surface area (Å²) < 4.78 is 0. The second-order valence-electron chi connectivity index (χ2n) is 22.3. The largest absolute Gasteiger partial charge is 0.394 e. The Hall–Kier alpha value is -8.76. The number of rotatable bonds is 29. The standard InChI is InChI=1S/C60H81N13O14S/c1-32(2)50(69-53(80)37(7)72-33(3)24-41(58(72)85)66-48(76)29-64-55(82)45(25-38-18-12-10-13-19-38)71(9)57(84)35(5)65-51(78)34(4)61)56(83)67-42-26-40-22-16-17-23-44(40)73(59(42)86)46(27-49(77)88-31-39-20-14-11-15-21-39)60(87)70(8)36(6)52(79)68-43(30-74)54(81)63-28-47(62)75/h10-23,32-37,41-43,45-46,50,74H,24-31,61H2,1-9H3,(H2,62,75)(H,63,81)(H,64,82)(H,65,78)(H,66,76)(H,67,83)(H,68,79)(H,69,80)/t33?,34-,35-,36-,37-,41-,42-,43-,45-,46-,50-/m0/s1. The van der Waals surface area contributed by atoms with Gasteiger partial charge in [-0.3, -0.25) is 67.2 Å². The van der Waals surface area contributed by atoms with Crippen molar-refractivity contribution in [3.8, 4) is 0 Å². The molecular formula is C60H81N13O14S. The minimum Gasteiger partial charge on any atom is -0.394 e. The highest BCUT2D eigenvalue weighted by Gasteiger charge is 2.46. The maximum absolute atomic E-state index is 15.0. The number of amides is 12. The van der Waals surface area contributed by atoms with Crippen LogP contribution in [0.3, 0.4) is 0 Å². The van der Waals surface area contributed by atoms with Crippen LogP contribution < -0.4 is 53.6 Å². The number of carbonyl (C=O) groups excluding carboxylic acids is 13. The quantitative estimate of drug-likeness (QED) is 0.0355. The van der Waals surface area contributed by atoms with E-state index in [0.717, 1.165) is 27.1 Å². The van der Waals surface area contributed by atoms with Crippen LogP contribution in [0.25, 0.3) is 0 Å². The Labute approximate surface area is 514 Å². The molecule has 0 bridgehead atoms. The second-order valence-corrected chi connectivity index (χ2v) is 23.3. The van der Waals surface area contributed by atoms with Crippen LogP contribution in [0, 0.1) is 5.92 Å². The maximum atomic E-state index is 15.0. The molecule has 3 aromatic rings. The molecule has 1 unspecified atom stereocenters. The summed E-state index contributed by atoms with van der Waals surface area (Å²) in [5, 5.41) is 27.1. The highest BCUT2D eigenvalue weighted by molar-refractivity contribution is 8.12. The molecule has 12 N–H and O–H groups in total. The zero-order chi connectivity index (χ0) is 65.3. The van der Waals surface area contributed by atoms with Crippen molar-refractivity contribution in [3.05, 3.63) is 102 Å². The number of aliphatic hydroxyl groups excluding tert-OH is 1. The van der Waals surface area contributed by atoms with E-state index in [4.69, 9.17) is 11.5 Å². The van der Waals surface area contributed by atoms with Crippen LogP contribution in [-0.4, -0.2) is 196 Å². The number of thioether (sulfide) groups is 1. The number of nitrogens with one attached hydrogen (secondary N) is 7. The van der Waals surface area contributed by atoms with Crippen LogP contribution in [0.1, 0.15) is 78.0 Å². The molecule has 0 aromatic heterocycles. The van der Waals surface area contributed by atoms with E-state index in [1.807, 2.05) is 18.2 Å². The van der Waals surface area contributed by atoms with Crippen molar-refractivity contribution in [3.63, 3.8) is 0 Å². The molecule has 476 valence electrons. The smallest absolute Gasteiger partial charge is 0.250 e. The van der Waals surface area contributed by atoms with Gasteiger partial charge >= 0.3 is 0 Å². The van der Waals surface area contributed by atoms with Crippen molar-refractivity contribution in [2.75, 3.05) is 38.7 Å². The summed E-state index contributed by atoms with van der Waals surface area (Å²) in [6.45, 7) is 8.57. The summed E-state index contributed by atoms with van der Waals surface area (Å²) in [6, 6.07) is 11.1. The number of hydrogen-bond donors (Lipinski definition) is 10. The number of anilines is 1. The molecule has 27 nitrogen and oxygen atoms in total. The molecule has 12 amide bonds. The van der Waals surface area contributed by atoms with Crippen molar-refractivity contribution in [1.29, 1.82) is 0 Å². The highest BCUT2D eigenvalue weighted by atomic mass is 32.2. The minimum absolute atomic E-state index is 0.0521. The number of nitrogens with zero attached hydrogens (tertiary/aromatic N) is 4. The van der Waals surface area contributed by atoms with Gasteiger partial charge in [-0.25, -0.2) is 0 Å². The molecule has 1 fully saturated rings. The SMILES string of the molecule is CC(C)[C@H](NC(=O)[C@H](C)N1C(=O)[C@@H](NC(=O)CNC(=O)[C@H](Cc2ccccc2)N(C)C(=O)[C@H](C)NC(=O)[C@H](C)N)CC1C)C(=O)N[C@H]1Cc2ccccc2N([C@@H](CC(=O)SCc2ccccc2)C(=O)N(C)[C@@H](C)C(=O)N[C@@H](CO)C(=O)NCC(N)=O)C1=O. The summed E-state index contributed by atoms with van der Waals surface area (Å²) >= 11 is 0.895. The number of likely N-dealkylation sites (N-methyl/N-ethyl adjacent to an activating group) is 2. The third-order valence-electron chi connectivity index (χ3n) is 15.2. The van der Waals surface area contributed by atoms with E-state index in [-0.39, 0.29) is 30.7 Å². The Morgan fingerprint density at radius 3 is 1.88 bits per heavy atom. The molecule has 5 rings (SSSR count). The Balaban J connectivity index is 1.29. The zero-order valence-corrected chi connectivity index (χ0v) is 51.6. The number of benzene rings is 3. The monoisotopic (exact) mass is 1240 g/mol. The van der Waals surface area contributed by atoms with E-state index in [2.05, 4.69) is 37.2 Å². The van der Waals surface area contributed by atoms with Crippen molar-refractivity contribution in [2.45, 2.75) is 146 Å². The van der Waals surface area contributed by atoms with Gasteiger partial charge in [0, 0.05) is 50.8 Å². The Kier molecular flexibility index (Phi) is 25.7. The molecule has 0 radical (unpaired) electrons. The summed E-state index contributed by atoms with van der Waals surface area (Å²) in [5.74, 6) is -9.61. The fourth-order valence-electron chi connectivity index (χ4n) is 10.1. The molecule has 1 saturated heterocycles. The van der Waals surface area contributed by atoms with Crippen LogP contribution in [0.4, 0.5) is 5.69 Å². The molecular weight excluding hydrogens is 1160 g/mol. The fraction of sp³-hybridized carbons (Fsp3) is 0.483. The van der Waals surface area contributed by atoms with Crippen molar-refractivity contribution in [2.24, 2.45) is 17.4 Å². The maximum Gasteiger partial charge on any atom is 0.250 e. The van der Waals surface area contributed by atoms with Crippen LogP contribution in [0.15, 0.2) is 84.9 Å². The van der Waals surface area contributed by atoms with E-state index in [1.165, 1.54) is 51.6 Å². The zero-order valence-electron chi connectivity index (χ0n) is 50.8. The molecule has 88 heavy (non-hydrogen) atoms. The van der Waals surface area contributed by atoms with Gasteiger partial charge in [-0.05, 0) is 69.7 Å². The molecule has 2 aliphatic heterocycles. The third-order valence-corrected chi connectivity index (χ3v) is 16.2. The summed E-state index contributed by atoms with van der Waals surface area (Å²) in [5.41, 5.74) is 13.0. The van der Waals surface area contributed by atoms with E-state index in [9.17, 15) is 62.6 Å². The van der Waals surface area contributed by atoms with Gasteiger partial charge in [0.25, 0.3) is 5.91 Å². The first-order chi connectivity index (χ1) is 41.6. The lowest BCUT2D eigenvalue weighted by Gasteiger charge is -2.41. The van der Waals surface area contributed by atoms with Crippen molar-refractivity contribution < 1.29 is 67.4 Å². The molecule has 0 saturated carbocycles. The van der Waals surface area contributed by atoms with E-state index in [0.29, 0.717) is 11.1 Å². The number of primary amides is 1. The number of aliphatic hydroxyl groups is 1. The van der Waals surface area contributed by atoms with Gasteiger partial charge in [0.1, 0.15) is 54.4 Å². The average Bonchev–Trinajstić information content (AvgIpc) is 2.30. The number of hydrogen-bond acceptors (Lipinski definition) is 16. The van der Waals surface area contributed by atoms with Gasteiger partial charge < -0.3 is 68.5 Å². The Morgan fingerprint density at radius 2 is 1.27 bits per heavy atom. The summed E-state index contributed by atoms with van der Waals surface area (Å²) in [6.07, 6.45) is -0.541. The molecule has 0 aliphatic carbocycles. The van der Waals surface area contributed by atoms with Crippen molar-refractivity contribution >= 4 is 93.5 Å². The predicted octanol–water partition coefficient (Wildman–Crippen LogP) is -2.12. The van der Waals surface area contributed by atoms with Crippen LogP contribution >= 0.6 is 11.8 Å². The number of para-hydroxylation sites is 1. The highest BCUT2D eigenvalue weighted by Crippen LogP contribution is 2.33. The minimum atomic E-state index is -1.62. The number of likely N-dealkylation sites (tertiary alicyclic amines) is 1. The first-order valence-electron chi connectivity index (χ1n) is 28.8. The third kappa shape index (κ3) is 18.6. The molecule has 0 spiro atoms. The van der Waals surface area contributed by atoms with E-state index < -0.39 is 174 Å². The average molecular weight is 1240 g/mol. The van der Waals surface area contributed by atoms with Crippen molar-refractivity contribution in [1.82, 2.24) is 51.9 Å². The molecule has 3 aromatic carbocycles. The normalized spacial score (nSPS) is 18.1. The first kappa shape index (κ1) is 70.0. The van der Waals surface area contributed by atoms with Gasteiger partial charge in [-0.1, -0.05) is 104 Å². The first-order valence-corrected chi connectivity index (χ1v) is 29.8.